The van der Waals surface area contributed by atoms with E-state index in [4.69, 9.17) is 9.88 Å². The number of Topliss-reactive ketones (excluding diaryl/α,β-unsaturated/α-hetero) is 1. The number of aromatic nitrogens is 1. The van der Waals surface area contributed by atoms with Crippen molar-refractivity contribution in [1.82, 2.24) is 4.98 Å². The summed E-state index contributed by atoms with van der Waals surface area (Å²) in [6.45, 7) is 6.57. The highest BCUT2D eigenvalue weighted by molar-refractivity contribution is 7.90. The maximum atomic E-state index is 12.1. The molecule has 2 aromatic heterocycles. The van der Waals surface area contributed by atoms with Gasteiger partial charge in [0.2, 0.25) is 0 Å². The molecule has 0 spiro atoms. The zero-order valence-corrected chi connectivity index (χ0v) is 18.4. The summed E-state index contributed by atoms with van der Waals surface area (Å²) < 4.78 is 17.2. The van der Waals surface area contributed by atoms with E-state index in [9.17, 15) is 9.35 Å². The molecule has 7 heteroatoms. The predicted molar refractivity (Wildman–Crippen MR) is 119 cm³/mol. The summed E-state index contributed by atoms with van der Waals surface area (Å²) in [6.07, 6.45) is 2.44. The van der Waals surface area contributed by atoms with Crippen LogP contribution in [0, 0.1) is 0 Å². The first-order valence-corrected chi connectivity index (χ1v) is 11.5. The molecule has 3 heterocycles. The van der Waals surface area contributed by atoms with Crippen LogP contribution in [0.15, 0.2) is 42.6 Å². The molecule has 1 fully saturated rings. The molecule has 152 valence electrons. The first kappa shape index (κ1) is 20.5. The Hall–Kier alpha value is -1.77. The minimum Gasteiger partial charge on any atom is -0.598 e. The van der Waals surface area contributed by atoms with E-state index in [0.29, 0.717) is 19.6 Å². The highest BCUT2D eigenvalue weighted by Crippen LogP contribution is 2.45. The smallest absolute Gasteiger partial charge is 0.169 e. The number of hydrogen-bond acceptors (Lipinski definition) is 6. The Morgan fingerprint density at radius 2 is 2.10 bits per heavy atom. The van der Waals surface area contributed by atoms with Crippen molar-refractivity contribution in [2.45, 2.75) is 37.4 Å². The van der Waals surface area contributed by atoms with E-state index in [0.717, 1.165) is 31.8 Å². The Balaban J connectivity index is 1.87. The van der Waals surface area contributed by atoms with Gasteiger partial charge in [-0.05, 0) is 62.2 Å². The van der Waals surface area contributed by atoms with Crippen LogP contribution < -0.4 is 5.14 Å². The summed E-state index contributed by atoms with van der Waals surface area (Å²) in [6, 6.07) is 12.1. The zero-order chi connectivity index (χ0) is 20.8. The molecule has 1 aliphatic heterocycles. The Kier molecular flexibility index (Phi) is 5.29. The van der Waals surface area contributed by atoms with Gasteiger partial charge in [0.15, 0.2) is 5.78 Å². The average molecular weight is 429 g/mol. The van der Waals surface area contributed by atoms with E-state index in [1.54, 1.807) is 13.1 Å². The number of ether oxygens (including phenoxy) is 1. The van der Waals surface area contributed by atoms with Gasteiger partial charge in [0, 0.05) is 39.7 Å². The van der Waals surface area contributed by atoms with Gasteiger partial charge in [0.25, 0.3) is 0 Å². The lowest BCUT2D eigenvalue weighted by atomic mass is 9.71. The monoisotopic (exact) mass is 428 g/mol. The normalized spacial score (nSPS) is 17.1. The summed E-state index contributed by atoms with van der Waals surface area (Å²) >= 11 is 0.0409. The largest absolute Gasteiger partial charge is 0.598 e. The van der Waals surface area contributed by atoms with Crippen LogP contribution >= 0.6 is 11.3 Å². The van der Waals surface area contributed by atoms with Crippen molar-refractivity contribution in [3.05, 3.63) is 53.0 Å². The van der Waals surface area contributed by atoms with Crippen molar-refractivity contribution in [3.63, 3.8) is 0 Å². The van der Waals surface area contributed by atoms with E-state index in [1.165, 1.54) is 11.3 Å². The van der Waals surface area contributed by atoms with E-state index < -0.39 is 16.1 Å². The van der Waals surface area contributed by atoms with Gasteiger partial charge in [-0.25, -0.2) is 0 Å². The second-order valence-electron chi connectivity index (χ2n) is 8.32. The minimum absolute atomic E-state index is 0.0661. The lowest BCUT2D eigenvalue weighted by Gasteiger charge is -2.46. The van der Waals surface area contributed by atoms with Crippen LogP contribution in [-0.4, -0.2) is 33.3 Å². The summed E-state index contributed by atoms with van der Waals surface area (Å²) in [7, 11) is 0. The fourth-order valence-electron chi connectivity index (χ4n) is 4.03. The van der Waals surface area contributed by atoms with Crippen molar-refractivity contribution in [2.24, 2.45) is 5.14 Å². The molecule has 1 unspecified atom stereocenters. The topological polar surface area (TPSA) is 88.3 Å². The van der Waals surface area contributed by atoms with Gasteiger partial charge in [0.1, 0.15) is 4.75 Å². The Morgan fingerprint density at radius 3 is 2.69 bits per heavy atom. The number of carbonyl (C=O) groups excluding carboxylic acids is 1. The minimum atomic E-state index is -1.45. The van der Waals surface area contributed by atoms with Crippen LogP contribution in [0.3, 0.4) is 0 Å². The first-order chi connectivity index (χ1) is 13.7. The average Bonchev–Trinajstić information content (AvgIpc) is 3.14. The number of ketones is 1. The molecule has 1 aliphatic rings. The van der Waals surface area contributed by atoms with Gasteiger partial charge in [-0.3, -0.25) is 9.78 Å². The van der Waals surface area contributed by atoms with Crippen molar-refractivity contribution >= 4 is 39.4 Å². The van der Waals surface area contributed by atoms with E-state index in [-0.39, 0.29) is 11.2 Å². The molecular formula is C22H24N2O3S2. The third-order valence-electron chi connectivity index (χ3n) is 5.60. The molecule has 2 N–H and O–H groups in total. The first-order valence-electron chi connectivity index (χ1n) is 9.46. The van der Waals surface area contributed by atoms with Gasteiger partial charge in [-0.15, -0.1) is 11.3 Å². The zero-order valence-electron chi connectivity index (χ0n) is 16.7. The maximum absolute atomic E-state index is 12.1. The van der Waals surface area contributed by atoms with Gasteiger partial charge in [-0.2, -0.15) is 5.14 Å². The van der Waals surface area contributed by atoms with Crippen LogP contribution in [0.5, 0.6) is 0 Å². The highest BCUT2D eigenvalue weighted by Gasteiger charge is 2.49. The van der Waals surface area contributed by atoms with Gasteiger partial charge in [-0.1, -0.05) is 6.07 Å². The van der Waals surface area contributed by atoms with E-state index in [2.05, 4.69) is 23.2 Å². The molecule has 1 saturated heterocycles. The van der Waals surface area contributed by atoms with Crippen molar-refractivity contribution in [2.75, 3.05) is 13.2 Å². The van der Waals surface area contributed by atoms with Gasteiger partial charge in [0.05, 0.1) is 23.6 Å². The lowest BCUT2D eigenvalue weighted by molar-refractivity contribution is -0.0672. The summed E-state index contributed by atoms with van der Waals surface area (Å²) in [5.41, 5.74) is 2.80. The molecule has 0 radical (unpaired) electrons. The predicted octanol–water partition coefficient (Wildman–Crippen LogP) is 4.23. The molecule has 5 nitrogen and oxygen atoms in total. The van der Waals surface area contributed by atoms with Crippen LogP contribution in [0.1, 0.15) is 42.4 Å². The number of rotatable bonds is 6. The third-order valence-corrected chi connectivity index (χ3v) is 8.06. The fraction of sp³-hybridized carbons (Fsp3) is 0.364. The SMILES string of the molecule is CC(=O)c1ccc(-c2cc(C3(CC(C)(C)[S+](N)[O-])COC3)c3cccnc3c2)s1. The highest BCUT2D eigenvalue weighted by atomic mass is 32.2. The van der Waals surface area contributed by atoms with Crippen molar-refractivity contribution in [1.29, 1.82) is 0 Å². The number of fused-ring (bicyclic) bond motifs is 1. The van der Waals surface area contributed by atoms with Crippen molar-refractivity contribution in [3.8, 4) is 10.4 Å². The molecule has 3 aromatic rings. The van der Waals surface area contributed by atoms with E-state index >= 15 is 0 Å². The number of nitrogens with zero attached hydrogens (tertiary/aromatic N) is 1. The van der Waals surface area contributed by atoms with Crippen molar-refractivity contribution < 1.29 is 14.1 Å². The van der Waals surface area contributed by atoms with Crippen LogP contribution in [0.2, 0.25) is 0 Å². The number of pyridine rings is 1. The second kappa shape index (κ2) is 7.49. The number of hydrogen-bond donors (Lipinski definition) is 1. The van der Waals surface area contributed by atoms with Gasteiger partial charge < -0.3 is 9.29 Å². The summed E-state index contributed by atoms with van der Waals surface area (Å²) in [5.74, 6) is 0.0661. The van der Waals surface area contributed by atoms with Crippen LogP contribution in [0.4, 0.5) is 0 Å². The molecule has 0 aliphatic carbocycles. The molecule has 0 amide bonds. The molecule has 1 atom stereocenters. The standard InChI is InChI=1S/C22H24N2O3S2/c1-14(25)19-6-7-20(28-19)15-9-17(16-5-4-8-24-18(16)10-15)22(12-27-13-22)11-21(2,3)29(23)26/h4-10H,11-13,23H2,1-3H3. The van der Waals surface area contributed by atoms with Crippen LogP contribution in [0.25, 0.3) is 21.3 Å². The molecule has 4 rings (SSSR count). The van der Waals surface area contributed by atoms with Gasteiger partial charge >= 0.3 is 0 Å². The number of nitrogens with two attached hydrogens (primary N) is 1. The molecule has 1 aromatic carbocycles. The summed E-state index contributed by atoms with van der Waals surface area (Å²) in [5, 5.41) is 6.86. The molecule has 29 heavy (non-hydrogen) atoms. The Bertz CT molecular complexity index is 1070. The number of benzene rings is 1. The summed E-state index contributed by atoms with van der Waals surface area (Å²) in [4.78, 5) is 18.1. The number of thiophene rings is 1. The molecular weight excluding hydrogens is 404 g/mol. The molecule has 0 bridgehead atoms. The fourth-order valence-corrected chi connectivity index (χ4v) is 5.34. The van der Waals surface area contributed by atoms with Crippen LogP contribution in [-0.2, 0) is 21.5 Å². The lowest BCUT2D eigenvalue weighted by Crippen LogP contribution is -2.53. The quantitative estimate of drug-likeness (QED) is 0.469. The number of carbonyl (C=O) groups is 1. The molecule has 0 saturated carbocycles. The second-order valence-corrected chi connectivity index (χ2v) is 11.1. The maximum Gasteiger partial charge on any atom is 0.169 e. The third kappa shape index (κ3) is 3.73. The van der Waals surface area contributed by atoms with E-state index in [1.807, 2.05) is 32.0 Å². The Morgan fingerprint density at radius 1 is 1.34 bits per heavy atom. The Labute approximate surface area is 177 Å².